The highest BCUT2D eigenvalue weighted by atomic mass is 31.2. The number of carbonyl (C=O) groups is 1. The SMILES string of the molecule is CCCCCCCCC/C=C/CC/C=C/CC/C=C/C(O)C(COP(=O)(O)OCC[N+](C)(C)C)NC(=O)CCCCCCCCCCCC/C=C\CCCCCCCCCCCCCC. The van der Waals surface area contributed by atoms with Gasteiger partial charge in [-0.05, 0) is 70.6 Å². The van der Waals surface area contributed by atoms with Crippen LogP contribution in [-0.4, -0.2) is 73.4 Å². The number of aliphatic hydroxyl groups excluding tert-OH is 1. The number of hydrogen-bond acceptors (Lipinski definition) is 5. The quantitative estimate of drug-likeness (QED) is 0.0243. The molecule has 0 aromatic carbocycles. The first-order chi connectivity index (χ1) is 31.5. The van der Waals surface area contributed by atoms with Gasteiger partial charge < -0.3 is 19.8 Å². The molecule has 1 amide bonds. The van der Waals surface area contributed by atoms with E-state index in [-0.39, 0.29) is 19.1 Å². The summed E-state index contributed by atoms with van der Waals surface area (Å²) in [7, 11) is 1.55. The predicted molar refractivity (Wildman–Crippen MR) is 281 cm³/mol. The van der Waals surface area contributed by atoms with Gasteiger partial charge in [-0.1, -0.05) is 223 Å². The van der Waals surface area contributed by atoms with E-state index in [0.717, 1.165) is 44.9 Å². The number of aliphatic hydroxyl groups is 1. The van der Waals surface area contributed by atoms with E-state index in [9.17, 15) is 19.4 Å². The number of carbonyl (C=O) groups excluding carboxylic acids is 1. The highest BCUT2D eigenvalue weighted by molar-refractivity contribution is 7.47. The van der Waals surface area contributed by atoms with Crippen molar-refractivity contribution in [1.82, 2.24) is 5.32 Å². The molecule has 0 bridgehead atoms. The fourth-order valence-corrected chi connectivity index (χ4v) is 8.63. The molecular formula is C56H108N2O6P+. The Morgan fingerprint density at radius 1 is 0.508 bits per heavy atom. The lowest BCUT2D eigenvalue weighted by Crippen LogP contribution is -2.45. The summed E-state index contributed by atoms with van der Waals surface area (Å²) in [5, 5.41) is 13.9. The Hall–Kier alpha value is -1.54. The number of phosphoric ester groups is 1. The number of likely N-dealkylation sites (N-methyl/N-ethyl adjacent to an activating group) is 1. The van der Waals surface area contributed by atoms with Crippen LogP contribution < -0.4 is 5.32 Å². The number of unbranched alkanes of at least 4 members (excludes halogenated alkanes) is 31. The van der Waals surface area contributed by atoms with Gasteiger partial charge in [0.1, 0.15) is 13.2 Å². The smallest absolute Gasteiger partial charge is 0.387 e. The summed E-state index contributed by atoms with van der Waals surface area (Å²) in [6, 6.07) is -0.871. The van der Waals surface area contributed by atoms with Crippen LogP contribution in [0.5, 0.6) is 0 Å². The first kappa shape index (κ1) is 63.5. The summed E-state index contributed by atoms with van der Waals surface area (Å²) in [6.07, 6.45) is 62.1. The molecule has 0 saturated heterocycles. The topological polar surface area (TPSA) is 105 Å². The molecule has 382 valence electrons. The molecule has 0 aromatic heterocycles. The van der Waals surface area contributed by atoms with Crippen LogP contribution in [0.25, 0.3) is 0 Å². The first-order valence-electron chi connectivity index (χ1n) is 27.5. The normalized spacial score (nSPS) is 14.4. The maximum atomic E-state index is 12.9. The van der Waals surface area contributed by atoms with E-state index in [1.165, 1.54) is 186 Å². The second-order valence-electron chi connectivity index (χ2n) is 19.9. The van der Waals surface area contributed by atoms with E-state index in [1.54, 1.807) is 6.08 Å². The maximum absolute atomic E-state index is 12.9. The summed E-state index contributed by atoms with van der Waals surface area (Å²) < 4.78 is 23.6. The highest BCUT2D eigenvalue weighted by Gasteiger charge is 2.27. The molecule has 0 aromatic rings. The van der Waals surface area contributed by atoms with Gasteiger partial charge in [-0.15, -0.1) is 0 Å². The van der Waals surface area contributed by atoms with E-state index in [1.807, 2.05) is 27.2 Å². The number of amides is 1. The van der Waals surface area contributed by atoms with E-state index in [2.05, 4.69) is 55.6 Å². The van der Waals surface area contributed by atoms with Gasteiger partial charge in [-0.25, -0.2) is 4.57 Å². The highest BCUT2D eigenvalue weighted by Crippen LogP contribution is 2.43. The van der Waals surface area contributed by atoms with Gasteiger partial charge in [0.05, 0.1) is 39.9 Å². The summed E-state index contributed by atoms with van der Waals surface area (Å²) >= 11 is 0. The van der Waals surface area contributed by atoms with Gasteiger partial charge in [-0.2, -0.15) is 0 Å². The number of rotatable bonds is 50. The molecule has 8 nitrogen and oxygen atoms in total. The molecule has 0 aliphatic carbocycles. The number of nitrogens with zero attached hydrogens (tertiary/aromatic N) is 1. The van der Waals surface area contributed by atoms with Crippen LogP contribution in [0.15, 0.2) is 48.6 Å². The molecular weight excluding hydrogens is 828 g/mol. The van der Waals surface area contributed by atoms with Crippen molar-refractivity contribution in [3.05, 3.63) is 48.6 Å². The monoisotopic (exact) mass is 936 g/mol. The fraction of sp³-hybridized carbons (Fsp3) is 0.839. The van der Waals surface area contributed by atoms with Gasteiger partial charge in [-0.3, -0.25) is 13.8 Å². The van der Waals surface area contributed by atoms with Gasteiger partial charge in [0.2, 0.25) is 5.91 Å². The Balaban J connectivity index is 4.25. The molecule has 0 aliphatic heterocycles. The van der Waals surface area contributed by atoms with Crippen LogP contribution in [-0.2, 0) is 18.4 Å². The minimum Gasteiger partial charge on any atom is -0.387 e. The molecule has 65 heavy (non-hydrogen) atoms. The molecule has 0 aliphatic rings. The number of nitrogens with one attached hydrogen (secondary N) is 1. The van der Waals surface area contributed by atoms with Crippen molar-refractivity contribution in [2.75, 3.05) is 40.9 Å². The Morgan fingerprint density at radius 2 is 0.846 bits per heavy atom. The third-order valence-electron chi connectivity index (χ3n) is 12.2. The minimum atomic E-state index is -4.36. The van der Waals surface area contributed by atoms with Gasteiger partial charge in [0.15, 0.2) is 0 Å². The van der Waals surface area contributed by atoms with Crippen LogP contribution in [0.1, 0.15) is 251 Å². The predicted octanol–water partition coefficient (Wildman–Crippen LogP) is 16.4. The Morgan fingerprint density at radius 3 is 1.23 bits per heavy atom. The molecule has 9 heteroatoms. The molecule has 0 radical (unpaired) electrons. The summed E-state index contributed by atoms with van der Waals surface area (Å²) in [5.74, 6) is -0.191. The van der Waals surface area contributed by atoms with Crippen LogP contribution >= 0.6 is 7.82 Å². The molecule has 0 spiro atoms. The van der Waals surface area contributed by atoms with E-state index in [0.29, 0.717) is 17.4 Å². The minimum absolute atomic E-state index is 0.0528. The molecule has 3 atom stereocenters. The third-order valence-corrected chi connectivity index (χ3v) is 13.2. The van der Waals surface area contributed by atoms with Crippen molar-refractivity contribution in [2.24, 2.45) is 0 Å². The summed E-state index contributed by atoms with van der Waals surface area (Å²) in [4.78, 5) is 23.2. The van der Waals surface area contributed by atoms with Gasteiger partial charge >= 0.3 is 7.82 Å². The van der Waals surface area contributed by atoms with Crippen molar-refractivity contribution >= 4 is 13.7 Å². The average molecular weight is 936 g/mol. The van der Waals surface area contributed by atoms with Crippen LogP contribution in [0.4, 0.5) is 0 Å². The van der Waals surface area contributed by atoms with Crippen molar-refractivity contribution in [3.63, 3.8) is 0 Å². The Kier molecular flexibility index (Phi) is 46.4. The van der Waals surface area contributed by atoms with Crippen LogP contribution in [0, 0.1) is 0 Å². The molecule has 0 fully saturated rings. The second kappa shape index (κ2) is 47.5. The molecule has 3 unspecified atom stereocenters. The van der Waals surface area contributed by atoms with Gasteiger partial charge in [0, 0.05) is 6.42 Å². The zero-order valence-electron chi connectivity index (χ0n) is 43.5. The van der Waals surface area contributed by atoms with Crippen molar-refractivity contribution < 1.29 is 32.9 Å². The zero-order valence-corrected chi connectivity index (χ0v) is 44.4. The Labute approximate surface area is 403 Å². The lowest BCUT2D eigenvalue weighted by atomic mass is 10.0. The van der Waals surface area contributed by atoms with Crippen LogP contribution in [0.3, 0.4) is 0 Å². The molecule has 0 heterocycles. The summed E-state index contributed by atoms with van der Waals surface area (Å²) in [5.41, 5.74) is 0. The van der Waals surface area contributed by atoms with Crippen molar-refractivity contribution in [2.45, 2.75) is 264 Å². The largest absolute Gasteiger partial charge is 0.472 e. The summed E-state index contributed by atoms with van der Waals surface area (Å²) in [6.45, 7) is 4.80. The van der Waals surface area contributed by atoms with Crippen LogP contribution in [0.2, 0.25) is 0 Å². The molecule has 0 rings (SSSR count). The van der Waals surface area contributed by atoms with Crippen molar-refractivity contribution in [1.29, 1.82) is 0 Å². The van der Waals surface area contributed by atoms with Gasteiger partial charge in [0.25, 0.3) is 0 Å². The van der Waals surface area contributed by atoms with E-state index < -0.39 is 20.0 Å². The molecule has 3 N–H and O–H groups in total. The first-order valence-corrected chi connectivity index (χ1v) is 29.0. The standard InChI is InChI=1S/C56H107N2O6P/c1-6-8-10-12-14-16-18-20-22-24-25-26-27-28-29-30-31-32-34-36-38-40-42-44-46-48-50-56(60)57-54(53-64-65(61,62)63-52-51-58(3,4)5)55(59)49-47-45-43-41-39-37-35-33-23-21-19-17-15-13-11-9-7-2/h23,28-29,33,39,41,47,49,54-55,59H,6-22,24-27,30-32,34-38,40,42-46,48,50-53H2,1-5H3,(H-,57,60,61,62)/p+1/b29-28-,33-23+,41-39+,49-47+. The van der Waals surface area contributed by atoms with E-state index in [4.69, 9.17) is 9.05 Å². The Bertz CT molecular complexity index is 1200. The number of quaternary nitrogens is 1. The second-order valence-corrected chi connectivity index (χ2v) is 21.4. The number of allylic oxidation sites excluding steroid dienone is 7. The molecule has 0 saturated carbocycles. The average Bonchev–Trinajstić information content (AvgIpc) is 3.26. The fourth-order valence-electron chi connectivity index (χ4n) is 7.89. The lowest BCUT2D eigenvalue weighted by Gasteiger charge is -2.25. The number of phosphoric acid groups is 1. The van der Waals surface area contributed by atoms with E-state index >= 15 is 0 Å². The lowest BCUT2D eigenvalue weighted by molar-refractivity contribution is -0.870. The zero-order chi connectivity index (χ0) is 47.8. The maximum Gasteiger partial charge on any atom is 0.472 e. The third kappa shape index (κ3) is 50.2. The number of hydrogen-bond donors (Lipinski definition) is 3. The van der Waals surface area contributed by atoms with Crippen molar-refractivity contribution in [3.8, 4) is 0 Å².